The van der Waals surface area contributed by atoms with E-state index in [4.69, 9.17) is 9.84 Å². The molecule has 5 N–H and O–H groups in total. The van der Waals surface area contributed by atoms with Gasteiger partial charge in [-0.05, 0) is 16.3 Å². The third-order valence-electron chi connectivity index (χ3n) is 4.24. The molecule has 1 fully saturated rings. The highest BCUT2D eigenvalue weighted by molar-refractivity contribution is 5.86. The van der Waals surface area contributed by atoms with E-state index in [0.717, 1.165) is 5.39 Å². The molecular weight excluding hydrogens is 288 g/mol. The maximum absolute atomic E-state index is 10.9. The van der Waals surface area contributed by atoms with E-state index >= 15 is 0 Å². The largest absolute Gasteiger partial charge is 0.394 e. The van der Waals surface area contributed by atoms with Crippen molar-refractivity contribution in [3.05, 3.63) is 48.0 Å². The van der Waals surface area contributed by atoms with Crippen LogP contribution in [0.3, 0.4) is 0 Å². The fourth-order valence-corrected chi connectivity index (χ4v) is 2.98. The molecule has 22 heavy (non-hydrogen) atoms. The van der Waals surface area contributed by atoms with E-state index in [9.17, 15) is 20.4 Å². The Labute approximate surface area is 126 Å². The maximum Gasteiger partial charge on any atom is 0.191 e. The van der Waals surface area contributed by atoms with Crippen LogP contribution in [-0.2, 0) is 10.3 Å². The summed E-state index contributed by atoms with van der Waals surface area (Å²) in [5.74, 6) is 0. The second-order valence-electron chi connectivity index (χ2n) is 5.50. The molecule has 2 aromatic rings. The fraction of sp³-hybridized carbons (Fsp3) is 0.375. The zero-order valence-electron chi connectivity index (χ0n) is 11.7. The second kappa shape index (κ2) is 5.58. The molecule has 1 heterocycles. The molecule has 0 amide bonds. The molecule has 6 heteroatoms. The Bertz CT molecular complexity index is 669. The molecule has 2 aromatic carbocycles. The van der Waals surface area contributed by atoms with Crippen molar-refractivity contribution in [1.29, 1.82) is 0 Å². The number of benzene rings is 2. The Hall–Kier alpha value is -1.54. The monoisotopic (exact) mass is 306 g/mol. The Kier molecular flexibility index (Phi) is 3.90. The van der Waals surface area contributed by atoms with Gasteiger partial charge in [0, 0.05) is 0 Å². The molecule has 1 aliphatic heterocycles. The molecule has 1 aliphatic rings. The zero-order valence-corrected chi connectivity index (χ0v) is 11.7. The predicted molar refractivity (Wildman–Crippen MR) is 77.8 cm³/mol. The van der Waals surface area contributed by atoms with Crippen LogP contribution in [-0.4, -0.2) is 56.7 Å². The topological polar surface area (TPSA) is 110 Å². The van der Waals surface area contributed by atoms with Crippen LogP contribution in [0.25, 0.3) is 10.8 Å². The molecule has 3 rings (SSSR count). The van der Waals surface area contributed by atoms with Crippen LogP contribution < -0.4 is 0 Å². The minimum atomic E-state index is -2.20. The van der Waals surface area contributed by atoms with Crippen molar-refractivity contribution in [2.24, 2.45) is 0 Å². The van der Waals surface area contributed by atoms with Crippen LogP contribution in [0.4, 0.5) is 0 Å². The van der Waals surface area contributed by atoms with Crippen molar-refractivity contribution in [3.63, 3.8) is 0 Å². The van der Waals surface area contributed by atoms with Gasteiger partial charge < -0.3 is 30.3 Å². The number of hydrogen-bond acceptors (Lipinski definition) is 6. The molecule has 1 saturated heterocycles. The Balaban J connectivity index is 2.15. The van der Waals surface area contributed by atoms with E-state index < -0.39 is 36.8 Å². The Morgan fingerprint density at radius 2 is 1.68 bits per heavy atom. The molecule has 0 radical (unpaired) electrons. The number of hydrogen-bond donors (Lipinski definition) is 5. The van der Waals surface area contributed by atoms with Gasteiger partial charge in [0.25, 0.3) is 0 Å². The van der Waals surface area contributed by atoms with Crippen LogP contribution in [0, 0.1) is 0 Å². The summed E-state index contributed by atoms with van der Waals surface area (Å²) in [6.07, 6.45) is -6.19. The summed E-state index contributed by atoms with van der Waals surface area (Å²) in [7, 11) is 0. The summed E-state index contributed by atoms with van der Waals surface area (Å²) in [6, 6.07) is 12.2. The molecule has 0 aromatic heterocycles. The first kappa shape index (κ1) is 15.4. The molecule has 0 saturated carbocycles. The van der Waals surface area contributed by atoms with Gasteiger partial charge >= 0.3 is 0 Å². The highest BCUT2D eigenvalue weighted by atomic mass is 16.6. The van der Waals surface area contributed by atoms with Crippen LogP contribution in [0.2, 0.25) is 0 Å². The number of ether oxygens (including phenoxy) is 1. The summed E-state index contributed by atoms with van der Waals surface area (Å²) < 4.78 is 5.08. The first-order chi connectivity index (χ1) is 10.5. The lowest BCUT2D eigenvalue weighted by atomic mass is 9.79. The molecule has 6 nitrogen and oxygen atoms in total. The van der Waals surface area contributed by atoms with Gasteiger partial charge in [-0.1, -0.05) is 42.5 Å². The lowest BCUT2D eigenvalue weighted by Crippen LogP contribution is -2.64. The third-order valence-corrected chi connectivity index (χ3v) is 4.24. The predicted octanol–water partition coefficient (Wildman–Crippen LogP) is -0.541. The number of fused-ring (bicyclic) bond motifs is 1. The first-order valence-corrected chi connectivity index (χ1v) is 7.01. The summed E-state index contributed by atoms with van der Waals surface area (Å²) in [5, 5.41) is 52.0. The van der Waals surface area contributed by atoms with Gasteiger partial charge in [-0.25, -0.2) is 0 Å². The van der Waals surface area contributed by atoms with Crippen molar-refractivity contribution >= 4 is 10.8 Å². The number of aliphatic hydroxyl groups excluding tert-OH is 4. The van der Waals surface area contributed by atoms with Crippen molar-refractivity contribution in [3.8, 4) is 0 Å². The molecule has 5 atom stereocenters. The van der Waals surface area contributed by atoms with Crippen molar-refractivity contribution in [2.45, 2.75) is 30.2 Å². The van der Waals surface area contributed by atoms with Crippen LogP contribution in [0.15, 0.2) is 42.5 Å². The van der Waals surface area contributed by atoms with Gasteiger partial charge in [0.1, 0.15) is 18.3 Å². The molecule has 118 valence electrons. The number of rotatable bonds is 2. The summed E-state index contributed by atoms with van der Waals surface area (Å²) in [5.41, 5.74) is -1.95. The SMILES string of the molecule is OC[C@H]1O[C@H](O)[C@@](O)(c2cccc3ccccc23)[C@@H](O)[C@@H]1O. The van der Waals surface area contributed by atoms with Crippen molar-refractivity contribution in [2.75, 3.05) is 6.61 Å². The molecule has 0 bridgehead atoms. The molecular formula is C16H18O6. The van der Waals surface area contributed by atoms with E-state index in [2.05, 4.69) is 0 Å². The summed E-state index contributed by atoms with van der Waals surface area (Å²) in [6.45, 7) is -0.582. The van der Waals surface area contributed by atoms with E-state index in [1.54, 1.807) is 24.3 Å². The zero-order chi connectivity index (χ0) is 15.9. The minimum Gasteiger partial charge on any atom is -0.394 e. The lowest BCUT2D eigenvalue weighted by molar-refractivity contribution is -0.334. The quantitative estimate of drug-likeness (QED) is 0.510. The maximum atomic E-state index is 10.9. The minimum absolute atomic E-state index is 0.251. The van der Waals surface area contributed by atoms with Crippen molar-refractivity contribution in [1.82, 2.24) is 0 Å². The third kappa shape index (κ3) is 2.13. The Morgan fingerprint density at radius 1 is 1.00 bits per heavy atom. The highest BCUT2D eigenvalue weighted by Gasteiger charge is 2.55. The van der Waals surface area contributed by atoms with Crippen LogP contribution in [0.5, 0.6) is 0 Å². The van der Waals surface area contributed by atoms with Gasteiger partial charge in [-0.15, -0.1) is 0 Å². The normalized spacial score (nSPS) is 35.7. The van der Waals surface area contributed by atoms with Gasteiger partial charge in [0.2, 0.25) is 0 Å². The molecule has 0 aliphatic carbocycles. The van der Waals surface area contributed by atoms with Gasteiger partial charge in [-0.3, -0.25) is 0 Å². The average molecular weight is 306 g/mol. The second-order valence-corrected chi connectivity index (χ2v) is 5.50. The van der Waals surface area contributed by atoms with Gasteiger partial charge in [-0.2, -0.15) is 0 Å². The summed E-state index contributed by atoms with van der Waals surface area (Å²) in [4.78, 5) is 0. The van der Waals surface area contributed by atoms with E-state index in [1.165, 1.54) is 0 Å². The van der Waals surface area contributed by atoms with Crippen molar-refractivity contribution < 1.29 is 30.3 Å². The highest BCUT2D eigenvalue weighted by Crippen LogP contribution is 2.40. The van der Waals surface area contributed by atoms with E-state index in [0.29, 0.717) is 5.39 Å². The smallest absolute Gasteiger partial charge is 0.191 e. The fourth-order valence-electron chi connectivity index (χ4n) is 2.98. The number of aliphatic hydroxyl groups is 5. The van der Waals surface area contributed by atoms with E-state index in [-0.39, 0.29) is 5.56 Å². The Morgan fingerprint density at radius 3 is 2.41 bits per heavy atom. The standard InChI is InChI=1S/C16H18O6/c17-8-12-13(18)14(19)16(21,15(20)22-12)11-7-3-5-9-4-1-2-6-10(9)11/h1-7,12-15,17-21H,8H2/t12-,13-,14+,15+,16-/m1/s1. The molecule has 0 unspecified atom stereocenters. The van der Waals surface area contributed by atoms with Crippen LogP contribution in [0.1, 0.15) is 5.56 Å². The molecule has 0 spiro atoms. The summed E-state index contributed by atoms with van der Waals surface area (Å²) >= 11 is 0. The van der Waals surface area contributed by atoms with E-state index in [1.807, 2.05) is 18.2 Å². The average Bonchev–Trinajstić information content (AvgIpc) is 2.55. The van der Waals surface area contributed by atoms with Gasteiger partial charge in [0.15, 0.2) is 11.9 Å². The van der Waals surface area contributed by atoms with Gasteiger partial charge in [0.05, 0.1) is 6.61 Å². The lowest BCUT2D eigenvalue weighted by Gasteiger charge is -2.46. The first-order valence-electron chi connectivity index (χ1n) is 7.01. The van der Waals surface area contributed by atoms with Crippen LogP contribution >= 0.6 is 0 Å².